The lowest BCUT2D eigenvalue weighted by molar-refractivity contribution is 1.01. The van der Waals surface area contributed by atoms with Crippen LogP contribution in [0.1, 0.15) is 0 Å². The Morgan fingerprint density at radius 3 is 1.66 bits per heavy atom. The Morgan fingerprint density at radius 1 is 0.328 bits per heavy atom. The van der Waals surface area contributed by atoms with Crippen LogP contribution in [0.5, 0.6) is 0 Å². The number of hydrogen-bond donors (Lipinski definition) is 0. The first-order valence-electron chi connectivity index (χ1n) is 19.8. The SMILES string of the molecule is c1ccc(-c2ccc(-c3nc(-n4c5ccccc5c5cc6ccccc6c(-c6ccc7c8ccccc8n(-c8ccccc8)c7c6)c54)nc4ccccc34)cc2)cc1. The summed E-state index contributed by atoms with van der Waals surface area (Å²) < 4.78 is 4.70. The van der Waals surface area contributed by atoms with Gasteiger partial charge in [-0.05, 0) is 69.9 Å². The van der Waals surface area contributed by atoms with Crippen molar-refractivity contribution in [1.82, 2.24) is 19.1 Å². The molecule has 3 aromatic heterocycles. The fraction of sp³-hybridized carbons (Fsp3) is 0. The van der Waals surface area contributed by atoms with Gasteiger partial charge >= 0.3 is 0 Å². The molecule has 58 heavy (non-hydrogen) atoms. The van der Waals surface area contributed by atoms with Crippen LogP contribution in [-0.4, -0.2) is 19.1 Å². The zero-order valence-electron chi connectivity index (χ0n) is 31.4. The number of fused-ring (bicyclic) bond motifs is 8. The molecular formula is C54H34N4. The third-order valence-corrected chi connectivity index (χ3v) is 11.7. The van der Waals surface area contributed by atoms with E-state index in [1.54, 1.807) is 0 Å². The molecule has 9 aromatic carbocycles. The van der Waals surface area contributed by atoms with Crippen LogP contribution in [0.15, 0.2) is 206 Å². The average molecular weight is 739 g/mol. The molecule has 270 valence electrons. The summed E-state index contributed by atoms with van der Waals surface area (Å²) in [6.45, 7) is 0. The molecule has 0 aliphatic heterocycles. The summed E-state index contributed by atoms with van der Waals surface area (Å²) in [4.78, 5) is 10.9. The molecule has 0 N–H and O–H groups in total. The van der Waals surface area contributed by atoms with E-state index in [1.807, 2.05) is 0 Å². The van der Waals surface area contributed by atoms with Crippen molar-refractivity contribution in [3.05, 3.63) is 206 Å². The summed E-state index contributed by atoms with van der Waals surface area (Å²) in [6, 6.07) is 73.8. The molecule has 0 saturated heterocycles. The number of rotatable bonds is 5. The van der Waals surface area contributed by atoms with E-state index in [9.17, 15) is 0 Å². The third-order valence-electron chi connectivity index (χ3n) is 11.7. The highest BCUT2D eigenvalue weighted by Gasteiger charge is 2.23. The highest BCUT2D eigenvalue weighted by Crippen LogP contribution is 2.44. The van der Waals surface area contributed by atoms with Crippen molar-refractivity contribution in [1.29, 1.82) is 0 Å². The molecule has 0 bridgehead atoms. The zero-order chi connectivity index (χ0) is 38.2. The lowest BCUT2D eigenvalue weighted by Gasteiger charge is -2.16. The maximum atomic E-state index is 5.51. The van der Waals surface area contributed by atoms with Crippen molar-refractivity contribution in [2.45, 2.75) is 0 Å². The second kappa shape index (κ2) is 12.9. The zero-order valence-corrected chi connectivity index (χ0v) is 31.4. The minimum absolute atomic E-state index is 0.642. The highest BCUT2D eigenvalue weighted by atomic mass is 15.2. The average Bonchev–Trinajstić information content (AvgIpc) is 3.81. The summed E-state index contributed by atoms with van der Waals surface area (Å²) in [5, 5.41) is 8.17. The van der Waals surface area contributed by atoms with E-state index in [2.05, 4.69) is 215 Å². The first-order chi connectivity index (χ1) is 28.8. The Balaban J connectivity index is 1.17. The predicted molar refractivity (Wildman–Crippen MR) is 242 cm³/mol. The van der Waals surface area contributed by atoms with Crippen molar-refractivity contribution in [3.8, 4) is 45.1 Å². The van der Waals surface area contributed by atoms with Crippen molar-refractivity contribution in [2.75, 3.05) is 0 Å². The van der Waals surface area contributed by atoms with Gasteiger partial charge in [-0.15, -0.1) is 0 Å². The maximum absolute atomic E-state index is 5.51. The first-order valence-corrected chi connectivity index (χ1v) is 19.8. The largest absolute Gasteiger partial charge is 0.309 e. The van der Waals surface area contributed by atoms with Crippen LogP contribution >= 0.6 is 0 Å². The summed E-state index contributed by atoms with van der Waals surface area (Å²) in [6.07, 6.45) is 0. The van der Waals surface area contributed by atoms with Crippen LogP contribution < -0.4 is 0 Å². The van der Waals surface area contributed by atoms with Gasteiger partial charge < -0.3 is 4.57 Å². The molecule has 12 aromatic rings. The van der Waals surface area contributed by atoms with Gasteiger partial charge in [0.15, 0.2) is 0 Å². The molecule has 0 amide bonds. The van der Waals surface area contributed by atoms with Gasteiger partial charge in [0.1, 0.15) is 0 Å². The van der Waals surface area contributed by atoms with E-state index in [4.69, 9.17) is 9.97 Å². The molecular weight excluding hydrogens is 705 g/mol. The van der Waals surface area contributed by atoms with E-state index in [1.165, 1.54) is 43.6 Å². The van der Waals surface area contributed by atoms with E-state index in [-0.39, 0.29) is 0 Å². The second-order valence-electron chi connectivity index (χ2n) is 15.0. The molecule has 0 fully saturated rings. The van der Waals surface area contributed by atoms with Gasteiger partial charge in [0.05, 0.1) is 33.3 Å². The molecule has 0 aliphatic carbocycles. The molecule has 4 nitrogen and oxygen atoms in total. The summed E-state index contributed by atoms with van der Waals surface area (Å²) >= 11 is 0. The summed E-state index contributed by atoms with van der Waals surface area (Å²) in [5.74, 6) is 0.642. The molecule has 3 heterocycles. The van der Waals surface area contributed by atoms with Gasteiger partial charge in [-0.3, -0.25) is 4.57 Å². The topological polar surface area (TPSA) is 35.6 Å². The van der Waals surface area contributed by atoms with Crippen molar-refractivity contribution < 1.29 is 0 Å². The van der Waals surface area contributed by atoms with Gasteiger partial charge in [0, 0.05) is 43.7 Å². The summed E-state index contributed by atoms with van der Waals surface area (Å²) in [5.41, 5.74) is 13.1. The van der Waals surface area contributed by atoms with Gasteiger partial charge in [0.25, 0.3) is 0 Å². The molecule has 0 atom stereocenters. The van der Waals surface area contributed by atoms with Gasteiger partial charge in [0.2, 0.25) is 5.95 Å². The first kappa shape index (κ1) is 32.4. The molecule has 0 radical (unpaired) electrons. The van der Waals surface area contributed by atoms with Gasteiger partial charge in [-0.1, -0.05) is 164 Å². The lowest BCUT2D eigenvalue weighted by Crippen LogP contribution is -2.04. The monoisotopic (exact) mass is 738 g/mol. The number of benzene rings is 9. The number of aromatic nitrogens is 4. The lowest BCUT2D eigenvalue weighted by atomic mass is 9.94. The van der Waals surface area contributed by atoms with Crippen molar-refractivity contribution in [2.24, 2.45) is 0 Å². The molecule has 0 saturated carbocycles. The smallest absolute Gasteiger partial charge is 0.235 e. The second-order valence-corrected chi connectivity index (χ2v) is 15.0. The van der Waals surface area contributed by atoms with Gasteiger partial charge in [-0.2, -0.15) is 0 Å². The number of hydrogen-bond acceptors (Lipinski definition) is 2. The molecule has 0 unspecified atom stereocenters. The molecule has 0 aliphatic rings. The van der Waals surface area contributed by atoms with E-state index in [0.717, 1.165) is 60.9 Å². The van der Waals surface area contributed by atoms with E-state index >= 15 is 0 Å². The minimum Gasteiger partial charge on any atom is -0.309 e. The predicted octanol–water partition coefficient (Wildman–Crippen LogP) is 14.0. The Kier molecular flexibility index (Phi) is 7.20. The highest BCUT2D eigenvalue weighted by molar-refractivity contribution is 6.22. The van der Waals surface area contributed by atoms with Crippen molar-refractivity contribution >= 4 is 65.3 Å². The standard InChI is InChI=1S/C54H34N4/c1-3-15-35(16-4-1)36-27-29-37(30-28-36)52-45-23-9-12-24-47(45)55-54(56-52)58-49-26-14-11-22-43(49)46-33-38-17-7-8-20-41(38)51(53(46)58)39-31-32-44-42-21-10-13-25-48(42)57(50(44)34-39)40-18-5-2-6-19-40/h1-34H. The summed E-state index contributed by atoms with van der Waals surface area (Å²) in [7, 11) is 0. The minimum atomic E-state index is 0.642. The number of para-hydroxylation sites is 4. The van der Waals surface area contributed by atoms with Crippen LogP contribution in [-0.2, 0) is 0 Å². The fourth-order valence-corrected chi connectivity index (χ4v) is 9.11. The molecule has 12 rings (SSSR count). The van der Waals surface area contributed by atoms with Crippen LogP contribution in [0, 0.1) is 0 Å². The Hall–Kier alpha value is -7.82. The van der Waals surface area contributed by atoms with Crippen LogP contribution in [0.4, 0.5) is 0 Å². The maximum Gasteiger partial charge on any atom is 0.235 e. The van der Waals surface area contributed by atoms with Crippen LogP contribution in [0.3, 0.4) is 0 Å². The Bertz CT molecular complexity index is 3540. The Labute approximate surface area is 334 Å². The normalized spacial score (nSPS) is 11.8. The van der Waals surface area contributed by atoms with Gasteiger partial charge in [-0.25, -0.2) is 9.97 Å². The molecule has 0 spiro atoms. The van der Waals surface area contributed by atoms with E-state index < -0.39 is 0 Å². The fourth-order valence-electron chi connectivity index (χ4n) is 9.11. The molecule has 4 heteroatoms. The quantitative estimate of drug-likeness (QED) is 0.176. The third kappa shape index (κ3) is 4.95. The van der Waals surface area contributed by atoms with Crippen LogP contribution in [0.25, 0.3) is 110 Å². The Morgan fingerprint density at radius 2 is 0.879 bits per heavy atom. The number of nitrogens with zero attached hydrogens (tertiary/aromatic N) is 4. The van der Waals surface area contributed by atoms with E-state index in [0.29, 0.717) is 5.95 Å². The van der Waals surface area contributed by atoms with Crippen LogP contribution in [0.2, 0.25) is 0 Å². The van der Waals surface area contributed by atoms with Crippen molar-refractivity contribution in [3.63, 3.8) is 0 Å².